The molecular weight excluding hydrogens is 450 g/mol. The van der Waals surface area contributed by atoms with Crippen LogP contribution in [0.1, 0.15) is 59.8 Å². The van der Waals surface area contributed by atoms with E-state index in [0.29, 0.717) is 17.1 Å². The summed E-state index contributed by atoms with van der Waals surface area (Å²) in [6, 6.07) is 2.69. The predicted molar refractivity (Wildman–Crippen MR) is 124 cm³/mol. The molecule has 32 heavy (non-hydrogen) atoms. The van der Waals surface area contributed by atoms with Crippen molar-refractivity contribution >= 4 is 33.2 Å². The fourth-order valence-corrected chi connectivity index (χ4v) is 7.51. The summed E-state index contributed by atoms with van der Waals surface area (Å²) in [6.45, 7) is 7.34. The van der Waals surface area contributed by atoms with E-state index in [1.807, 2.05) is 6.92 Å². The third-order valence-electron chi connectivity index (χ3n) is 6.20. The minimum Gasteiger partial charge on any atom is -0.444 e. The largest absolute Gasteiger partial charge is 0.444 e. The molecule has 1 saturated carbocycles. The van der Waals surface area contributed by atoms with Crippen molar-refractivity contribution in [3.8, 4) is 0 Å². The Kier molecular flexibility index (Phi) is 7.56. The Morgan fingerprint density at radius 3 is 2.66 bits per heavy atom. The molecule has 10 heteroatoms. The molecule has 0 spiro atoms. The zero-order chi connectivity index (χ0) is 23.7. The van der Waals surface area contributed by atoms with Gasteiger partial charge in [0.25, 0.3) is 0 Å². The molecule has 0 radical (unpaired) electrons. The molecule has 1 aromatic heterocycles. The smallest absolute Gasteiger partial charge is 0.410 e. The zero-order valence-electron chi connectivity index (χ0n) is 19.5. The lowest BCUT2D eigenvalue weighted by atomic mass is 9.99. The molecule has 5 atom stereocenters. The molecule has 1 aromatic rings. The summed E-state index contributed by atoms with van der Waals surface area (Å²) in [7, 11) is -1.84. The van der Waals surface area contributed by atoms with Crippen molar-refractivity contribution in [1.82, 2.24) is 15.5 Å². The maximum atomic E-state index is 13.2. The van der Waals surface area contributed by atoms with Crippen molar-refractivity contribution in [1.29, 1.82) is 0 Å². The van der Waals surface area contributed by atoms with Crippen molar-refractivity contribution in [3.05, 3.63) is 17.5 Å². The highest BCUT2D eigenvalue weighted by Crippen LogP contribution is 2.38. The van der Waals surface area contributed by atoms with Crippen LogP contribution in [0.15, 0.2) is 21.7 Å². The number of nitrogens with one attached hydrogen (secondary N) is 2. The van der Waals surface area contributed by atoms with Crippen molar-refractivity contribution in [2.45, 2.75) is 93.1 Å². The van der Waals surface area contributed by atoms with Crippen LogP contribution < -0.4 is 10.6 Å². The second-order valence-corrected chi connectivity index (χ2v) is 13.0. The van der Waals surface area contributed by atoms with Crippen LogP contribution in [0.4, 0.5) is 4.79 Å². The van der Waals surface area contributed by atoms with E-state index < -0.39 is 32.9 Å². The number of hydrogen-bond acceptors (Lipinski definition) is 7. The first kappa shape index (κ1) is 25.0. The van der Waals surface area contributed by atoms with Crippen molar-refractivity contribution in [2.75, 3.05) is 7.05 Å². The molecule has 2 heterocycles. The summed E-state index contributed by atoms with van der Waals surface area (Å²) in [5.41, 5.74) is -0.643. The second kappa shape index (κ2) is 9.69. The standard InChI is InChI=1S/C22H35N3O5S2/c1-6-8-17(25(5)21(27)30-22(2,3)4)20(26)24-16-11-10-15-14(16)13-18(23-15)32(28,29)19-9-7-12-31-19/h7,9,12,14-18,23H,6,8,10-11,13H2,1-5H3,(H,24,26)/t14-,15-,16-,17-,18?/m0/s1. The zero-order valence-corrected chi connectivity index (χ0v) is 21.1. The number of rotatable bonds is 7. The van der Waals surface area contributed by atoms with Gasteiger partial charge in [-0.25, -0.2) is 13.2 Å². The first-order valence-corrected chi connectivity index (χ1v) is 13.7. The molecule has 180 valence electrons. The van der Waals surface area contributed by atoms with Gasteiger partial charge < -0.3 is 10.1 Å². The van der Waals surface area contributed by atoms with Gasteiger partial charge >= 0.3 is 6.09 Å². The predicted octanol–water partition coefficient (Wildman–Crippen LogP) is 3.14. The van der Waals surface area contributed by atoms with Crippen LogP contribution in [0.2, 0.25) is 0 Å². The molecule has 3 rings (SSSR count). The van der Waals surface area contributed by atoms with Gasteiger partial charge in [-0.1, -0.05) is 19.4 Å². The lowest BCUT2D eigenvalue weighted by molar-refractivity contribution is -0.127. The van der Waals surface area contributed by atoms with Gasteiger partial charge in [-0.05, 0) is 63.8 Å². The number of nitrogens with zero attached hydrogens (tertiary/aromatic N) is 1. The van der Waals surface area contributed by atoms with Gasteiger partial charge in [-0.3, -0.25) is 15.0 Å². The van der Waals surface area contributed by atoms with Crippen LogP contribution in [0.25, 0.3) is 0 Å². The number of amides is 2. The summed E-state index contributed by atoms with van der Waals surface area (Å²) in [4.78, 5) is 27.0. The highest BCUT2D eigenvalue weighted by Gasteiger charge is 2.48. The summed E-state index contributed by atoms with van der Waals surface area (Å²) in [6.07, 6.45) is 2.80. The molecule has 1 unspecified atom stereocenters. The van der Waals surface area contributed by atoms with Crippen LogP contribution in [0, 0.1) is 5.92 Å². The molecule has 0 bridgehead atoms. The molecule has 1 saturated heterocycles. The Morgan fingerprint density at radius 2 is 2.06 bits per heavy atom. The second-order valence-electron chi connectivity index (χ2n) is 9.73. The molecule has 1 aliphatic heterocycles. The van der Waals surface area contributed by atoms with Crippen LogP contribution >= 0.6 is 11.3 Å². The first-order valence-electron chi connectivity index (χ1n) is 11.2. The number of carbonyl (C=O) groups is 2. The van der Waals surface area contributed by atoms with Gasteiger partial charge in [-0.15, -0.1) is 11.3 Å². The van der Waals surface area contributed by atoms with Gasteiger partial charge in [0.05, 0.1) is 0 Å². The van der Waals surface area contributed by atoms with Crippen LogP contribution in [0.5, 0.6) is 0 Å². The van der Waals surface area contributed by atoms with Gasteiger partial charge in [0.15, 0.2) is 0 Å². The average Bonchev–Trinajstić information content (AvgIpc) is 3.42. The number of hydrogen-bond donors (Lipinski definition) is 2. The van der Waals surface area contributed by atoms with Crippen LogP contribution in [-0.4, -0.2) is 61.5 Å². The van der Waals surface area contributed by atoms with Gasteiger partial charge in [0.2, 0.25) is 15.7 Å². The normalized spacial score (nSPS) is 26.4. The highest BCUT2D eigenvalue weighted by atomic mass is 32.2. The van der Waals surface area contributed by atoms with E-state index in [4.69, 9.17) is 4.74 Å². The topological polar surface area (TPSA) is 105 Å². The molecular formula is C22H35N3O5S2. The maximum Gasteiger partial charge on any atom is 0.410 e. The lowest BCUT2D eigenvalue weighted by Crippen LogP contribution is -2.52. The molecule has 2 N–H and O–H groups in total. The van der Waals surface area contributed by atoms with E-state index in [1.165, 1.54) is 16.2 Å². The van der Waals surface area contributed by atoms with E-state index in [1.54, 1.807) is 45.3 Å². The number of likely N-dealkylation sites (N-methyl/N-ethyl adjacent to an activating group) is 1. The Bertz CT molecular complexity index is 910. The molecule has 1 aliphatic carbocycles. The Balaban J connectivity index is 1.66. The third-order valence-corrected chi connectivity index (χ3v) is 9.62. The monoisotopic (exact) mass is 485 g/mol. The maximum absolute atomic E-state index is 13.2. The van der Waals surface area contributed by atoms with Crippen LogP contribution in [-0.2, 0) is 19.4 Å². The quantitative estimate of drug-likeness (QED) is 0.615. The van der Waals surface area contributed by atoms with Crippen molar-refractivity contribution in [3.63, 3.8) is 0 Å². The Morgan fingerprint density at radius 1 is 1.34 bits per heavy atom. The lowest BCUT2D eigenvalue weighted by Gasteiger charge is -2.31. The fraction of sp³-hybridized carbons (Fsp3) is 0.727. The van der Waals surface area contributed by atoms with E-state index in [0.717, 1.165) is 19.3 Å². The summed E-state index contributed by atoms with van der Waals surface area (Å²) >= 11 is 1.23. The van der Waals surface area contributed by atoms with Gasteiger partial charge in [0, 0.05) is 19.1 Å². The van der Waals surface area contributed by atoms with E-state index >= 15 is 0 Å². The minimum absolute atomic E-state index is 0.0489. The first-order chi connectivity index (χ1) is 14.9. The van der Waals surface area contributed by atoms with E-state index in [2.05, 4.69) is 10.6 Å². The van der Waals surface area contributed by atoms with E-state index in [-0.39, 0.29) is 23.9 Å². The molecule has 2 amide bonds. The molecule has 2 aliphatic rings. The number of sulfone groups is 1. The summed E-state index contributed by atoms with van der Waals surface area (Å²) < 4.78 is 31.7. The minimum atomic E-state index is -3.43. The average molecular weight is 486 g/mol. The van der Waals surface area contributed by atoms with E-state index in [9.17, 15) is 18.0 Å². The summed E-state index contributed by atoms with van der Waals surface area (Å²) in [5.74, 6) is -0.164. The number of carbonyl (C=O) groups excluding carboxylic acids is 2. The van der Waals surface area contributed by atoms with Gasteiger partial charge in [-0.2, -0.15) is 0 Å². The van der Waals surface area contributed by atoms with Crippen molar-refractivity contribution < 1.29 is 22.7 Å². The fourth-order valence-electron chi connectivity index (χ4n) is 4.63. The summed E-state index contributed by atoms with van der Waals surface area (Å²) in [5, 5.41) is 7.54. The number of fused-ring (bicyclic) bond motifs is 1. The van der Waals surface area contributed by atoms with Crippen molar-refractivity contribution in [2.24, 2.45) is 5.92 Å². The van der Waals surface area contributed by atoms with Crippen LogP contribution in [0.3, 0.4) is 0 Å². The highest BCUT2D eigenvalue weighted by molar-refractivity contribution is 7.94. The Hall–Kier alpha value is -1.65. The Labute approximate surface area is 195 Å². The third kappa shape index (κ3) is 5.46. The molecule has 0 aromatic carbocycles. The molecule has 8 nitrogen and oxygen atoms in total. The molecule has 2 fully saturated rings. The van der Waals surface area contributed by atoms with Gasteiger partial charge in [0.1, 0.15) is 21.2 Å². The number of thiophene rings is 1. The SMILES string of the molecule is CCC[C@@H](C(=O)N[C@H]1CC[C@@H]2NC(S(=O)(=O)c3cccs3)C[C@H]12)N(C)C(=O)OC(C)(C)C. The number of ether oxygens (including phenoxy) is 1.